The standard InChI is InChI=1S/C14H14N4S/c1-10-8-19-9-12(10)14(15)13-7-16-17-18(13)11-5-3-2-4-6-11/h2-9,14H,15H2,1H3. The molecule has 1 unspecified atom stereocenters. The summed E-state index contributed by atoms with van der Waals surface area (Å²) in [5, 5.41) is 12.3. The Labute approximate surface area is 115 Å². The molecule has 3 rings (SSSR count). The Morgan fingerprint density at radius 3 is 2.68 bits per heavy atom. The van der Waals surface area contributed by atoms with E-state index >= 15 is 0 Å². The smallest absolute Gasteiger partial charge is 0.0858 e. The highest BCUT2D eigenvalue weighted by molar-refractivity contribution is 7.08. The van der Waals surface area contributed by atoms with Crippen LogP contribution in [0.1, 0.15) is 22.9 Å². The number of para-hydroxylation sites is 1. The molecule has 5 heteroatoms. The van der Waals surface area contributed by atoms with E-state index in [0.29, 0.717) is 0 Å². The molecule has 2 heterocycles. The first kappa shape index (κ1) is 12.1. The summed E-state index contributed by atoms with van der Waals surface area (Å²) in [6.45, 7) is 2.07. The summed E-state index contributed by atoms with van der Waals surface area (Å²) in [7, 11) is 0. The summed E-state index contributed by atoms with van der Waals surface area (Å²) >= 11 is 1.66. The van der Waals surface area contributed by atoms with Crippen molar-refractivity contribution >= 4 is 11.3 Å². The van der Waals surface area contributed by atoms with Gasteiger partial charge < -0.3 is 5.73 Å². The van der Waals surface area contributed by atoms with Crippen LogP contribution >= 0.6 is 11.3 Å². The van der Waals surface area contributed by atoms with Gasteiger partial charge in [-0.1, -0.05) is 23.4 Å². The molecule has 0 amide bonds. The molecular weight excluding hydrogens is 256 g/mol. The first-order valence-corrected chi connectivity index (χ1v) is 6.96. The summed E-state index contributed by atoms with van der Waals surface area (Å²) in [4.78, 5) is 0. The number of nitrogens with zero attached hydrogens (tertiary/aromatic N) is 3. The molecule has 0 aliphatic heterocycles. The number of benzene rings is 1. The zero-order valence-corrected chi connectivity index (χ0v) is 11.3. The highest BCUT2D eigenvalue weighted by Gasteiger charge is 2.18. The monoisotopic (exact) mass is 270 g/mol. The number of aryl methyl sites for hydroxylation is 1. The van der Waals surface area contributed by atoms with Crippen molar-refractivity contribution in [1.82, 2.24) is 15.0 Å². The quantitative estimate of drug-likeness (QED) is 0.796. The third kappa shape index (κ3) is 2.18. The van der Waals surface area contributed by atoms with E-state index in [1.54, 1.807) is 22.2 Å². The molecule has 0 spiro atoms. The second-order valence-corrected chi connectivity index (χ2v) is 5.14. The van der Waals surface area contributed by atoms with Gasteiger partial charge in [-0.2, -0.15) is 11.3 Å². The predicted molar refractivity (Wildman–Crippen MR) is 76.4 cm³/mol. The molecule has 19 heavy (non-hydrogen) atoms. The Morgan fingerprint density at radius 2 is 2.00 bits per heavy atom. The Hall–Kier alpha value is -1.98. The van der Waals surface area contributed by atoms with E-state index in [2.05, 4.69) is 28.0 Å². The first-order valence-electron chi connectivity index (χ1n) is 6.01. The van der Waals surface area contributed by atoms with Gasteiger partial charge in [-0.05, 0) is 40.9 Å². The molecule has 0 aliphatic rings. The average molecular weight is 270 g/mol. The fourth-order valence-corrected chi connectivity index (χ4v) is 2.96. The van der Waals surface area contributed by atoms with Crippen molar-refractivity contribution in [3.63, 3.8) is 0 Å². The van der Waals surface area contributed by atoms with Crippen LogP contribution in [0.5, 0.6) is 0 Å². The summed E-state index contributed by atoms with van der Waals surface area (Å²) in [6.07, 6.45) is 1.73. The lowest BCUT2D eigenvalue weighted by atomic mass is 10.0. The highest BCUT2D eigenvalue weighted by Crippen LogP contribution is 2.26. The zero-order chi connectivity index (χ0) is 13.2. The average Bonchev–Trinajstić information content (AvgIpc) is 3.07. The minimum atomic E-state index is -0.207. The molecule has 2 aromatic heterocycles. The molecule has 96 valence electrons. The van der Waals surface area contributed by atoms with E-state index in [1.165, 1.54) is 5.56 Å². The van der Waals surface area contributed by atoms with Gasteiger partial charge in [0.25, 0.3) is 0 Å². The van der Waals surface area contributed by atoms with Gasteiger partial charge in [0.2, 0.25) is 0 Å². The van der Waals surface area contributed by atoms with Crippen molar-refractivity contribution in [2.45, 2.75) is 13.0 Å². The van der Waals surface area contributed by atoms with Crippen LogP contribution in [0.3, 0.4) is 0 Å². The fourth-order valence-electron chi connectivity index (χ4n) is 2.07. The van der Waals surface area contributed by atoms with Crippen LogP contribution in [-0.4, -0.2) is 15.0 Å². The van der Waals surface area contributed by atoms with Crippen LogP contribution in [0.4, 0.5) is 0 Å². The van der Waals surface area contributed by atoms with Crippen LogP contribution in [0.25, 0.3) is 5.69 Å². The maximum atomic E-state index is 6.35. The Balaban J connectivity index is 2.04. The van der Waals surface area contributed by atoms with E-state index < -0.39 is 0 Å². The van der Waals surface area contributed by atoms with Crippen LogP contribution in [0.15, 0.2) is 47.3 Å². The van der Waals surface area contributed by atoms with Gasteiger partial charge in [-0.25, -0.2) is 4.68 Å². The fraction of sp³-hybridized carbons (Fsp3) is 0.143. The van der Waals surface area contributed by atoms with Gasteiger partial charge >= 0.3 is 0 Å². The third-order valence-electron chi connectivity index (χ3n) is 3.13. The van der Waals surface area contributed by atoms with E-state index in [9.17, 15) is 0 Å². The van der Waals surface area contributed by atoms with E-state index in [4.69, 9.17) is 5.73 Å². The molecule has 0 saturated heterocycles. The maximum absolute atomic E-state index is 6.35. The van der Waals surface area contributed by atoms with Crippen LogP contribution in [0.2, 0.25) is 0 Å². The Kier molecular flexibility index (Phi) is 3.15. The Morgan fingerprint density at radius 1 is 1.21 bits per heavy atom. The molecule has 0 fully saturated rings. The van der Waals surface area contributed by atoms with Gasteiger partial charge in [-0.15, -0.1) is 5.10 Å². The van der Waals surface area contributed by atoms with Crippen molar-refractivity contribution in [3.8, 4) is 5.69 Å². The number of rotatable bonds is 3. The molecule has 0 aliphatic carbocycles. The lowest BCUT2D eigenvalue weighted by Crippen LogP contribution is -2.16. The number of hydrogen-bond donors (Lipinski definition) is 1. The summed E-state index contributed by atoms with van der Waals surface area (Å²) in [6, 6.07) is 9.70. The number of thiophene rings is 1. The van der Waals surface area contributed by atoms with Crippen molar-refractivity contribution in [2.75, 3.05) is 0 Å². The van der Waals surface area contributed by atoms with Crippen molar-refractivity contribution in [3.05, 3.63) is 64.1 Å². The third-order valence-corrected chi connectivity index (χ3v) is 4.00. The number of aromatic nitrogens is 3. The topological polar surface area (TPSA) is 56.7 Å². The molecule has 0 saturated carbocycles. The molecule has 1 atom stereocenters. The molecule has 1 aromatic carbocycles. The predicted octanol–water partition coefficient (Wildman–Crippen LogP) is 2.69. The molecule has 4 nitrogen and oxygen atoms in total. The second-order valence-electron chi connectivity index (χ2n) is 4.39. The lowest BCUT2D eigenvalue weighted by molar-refractivity contribution is 0.719. The van der Waals surface area contributed by atoms with Gasteiger partial charge in [0, 0.05) is 0 Å². The number of nitrogens with two attached hydrogens (primary N) is 1. The summed E-state index contributed by atoms with van der Waals surface area (Å²) in [5.74, 6) is 0. The first-order chi connectivity index (χ1) is 9.27. The van der Waals surface area contributed by atoms with Gasteiger partial charge in [-0.3, -0.25) is 0 Å². The van der Waals surface area contributed by atoms with Gasteiger partial charge in [0.05, 0.1) is 23.6 Å². The molecule has 2 N–H and O–H groups in total. The normalized spacial score (nSPS) is 12.5. The largest absolute Gasteiger partial charge is 0.319 e. The van der Waals surface area contributed by atoms with Gasteiger partial charge in [0.1, 0.15) is 0 Å². The SMILES string of the molecule is Cc1cscc1C(N)c1cnnn1-c1ccccc1. The van der Waals surface area contributed by atoms with E-state index in [1.807, 2.05) is 30.3 Å². The Bertz CT molecular complexity index is 672. The van der Waals surface area contributed by atoms with Gasteiger partial charge in [0.15, 0.2) is 0 Å². The maximum Gasteiger partial charge on any atom is 0.0858 e. The minimum absolute atomic E-state index is 0.207. The zero-order valence-electron chi connectivity index (χ0n) is 10.5. The van der Waals surface area contributed by atoms with Crippen molar-refractivity contribution < 1.29 is 0 Å². The van der Waals surface area contributed by atoms with Crippen molar-refractivity contribution in [2.24, 2.45) is 5.73 Å². The molecular formula is C14H14N4S. The lowest BCUT2D eigenvalue weighted by Gasteiger charge is -2.13. The van der Waals surface area contributed by atoms with E-state index in [-0.39, 0.29) is 6.04 Å². The van der Waals surface area contributed by atoms with Crippen molar-refractivity contribution in [1.29, 1.82) is 0 Å². The van der Waals surface area contributed by atoms with E-state index in [0.717, 1.165) is 16.9 Å². The van der Waals surface area contributed by atoms with Crippen LogP contribution in [0, 0.1) is 6.92 Å². The molecule has 0 radical (unpaired) electrons. The van der Waals surface area contributed by atoms with Crippen LogP contribution in [-0.2, 0) is 0 Å². The summed E-state index contributed by atoms with van der Waals surface area (Å²) in [5.41, 5.74) is 10.6. The summed E-state index contributed by atoms with van der Waals surface area (Å²) < 4.78 is 1.79. The highest BCUT2D eigenvalue weighted by atomic mass is 32.1. The number of hydrogen-bond acceptors (Lipinski definition) is 4. The second kappa shape index (κ2) is 4.95. The molecule has 0 bridgehead atoms. The van der Waals surface area contributed by atoms with Crippen LogP contribution < -0.4 is 5.73 Å². The molecule has 3 aromatic rings. The minimum Gasteiger partial charge on any atom is -0.319 e.